The summed E-state index contributed by atoms with van der Waals surface area (Å²) in [5, 5.41) is 3.51. The fourth-order valence-corrected chi connectivity index (χ4v) is 5.87. The lowest BCUT2D eigenvalue weighted by Gasteiger charge is -2.22. The van der Waals surface area contributed by atoms with Gasteiger partial charge in [0.05, 0.1) is 11.4 Å². The predicted molar refractivity (Wildman–Crippen MR) is 141 cm³/mol. The molecular formula is C26H28ClN3O3S. The zero-order chi connectivity index (χ0) is 24.3. The van der Waals surface area contributed by atoms with Crippen molar-refractivity contribution in [3.63, 3.8) is 0 Å². The van der Waals surface area contributed by atoms with Gasteiger partial charge in [0.25, 0.3) is 5.91 Å². The van der Waals surface area contributed by atoms with E-state index in [0.717, 1.165) is 29.7 Å². The van der Waals surface area contributed by atoms with E-state index >= 15 is 0 Å². The van der Waals surface area contributed by atoms with Crippen LogP contribution in [0, 0.1) is 0 Å². The van der Waals surface area contributed by atoms with Gasteiger partial charge in [-0.15, -0.1) is 0 Å². The molecule has 0 aromatic heterocycles. The Labute approximate surface area is 206 Å². The standard InChI is InChI=1S/C26H28ClN3O3S/c1-29(2)22-11-6-19(7-12-22)24-18-21(10-15-25(24)27)28-26(31)20-8-13-23(14-9-20)30-16-4-3-5-17-34(30,32)33/h6-15,18H,3-5,16-17H2,1-2H3,(H,28,31). The van der Waals surface area contributed by atoms with E-state index in [2.05, 4.69) is 5.32 Å². The van der Waals surface area contributed by atoms with Crippen molar-refractivity contribution in [2.75, 3.05) is 40.9 Å². The third-order valence-electron chi connectivity index (χ3n) is 5.94. The number of benzene rings is 3. The Morgan fingerprint density at radius 3 is 2.32 bits per heavy atom. The molecule has 1 aliphatic heterocycles. The number of carbonyl (C=O) groups excluding carboxylic acids is 1. The number of hydrogen-bond donors (Lipinski definition) is 1. The van der Waals surface area contributed by atoms with E-state index in [1.54, 1.807) is 36.4 Å². The molecule has 0 saturated carbocycles. The Balaban J connectivity index is 1.51. The maximum Gasteiger partial charge on any atom is 0.255 e. The van der Waals surface area contributed by atoms with Crippen LogP contribution in [0.1, 0.15) is 29.6 Å². The van der Waals surface area contributed by atoms with Gasteiger partial charge in [-0.1, -0.05) is 30.2 Å². The van der Waals surface area contributed by atoms with Crippen LogP contribution in [0.2, 0.25) is 5.02 Å². The van der Waals surface area contributed by atoms with Gasteiger partial charge < -0.3 is 10.2 Å². The minimum absolute atomic E-state index is 0.159. The monoisotopic (exact) mass is 497 g/mol. The minimum atomic E-state index is -3.32. The Hall–Kier alpha value is -3.03. The van der Waals surface area contributed by atoms with E-state index in [1.807, 2.05) is 49.3 Å². The summed E-state index contributed by atoms with van der Waals surface area (Å²) in [6, 6.07) is 20.1. The van der Waals surface area contributed by atoms with E-state index in [4.69, 9.17) is 11.6 Å². The molecule has 178 valence electrons. The predicted octanol–water partition coefficient (Wildman–Crippen LogP) is 5.65. The summed E-state index contributed by atoms with van der Waals surface area (Å²) in [6.45, 7) is 0.469. The van der Waals surface area contributed by atoms with Gasteiger partial charge in [0.15, 0.2) is 0 Å². The third-order valence-corrected chi connectivity index (χ3v) is 8.13. The smallest absolute Gasteiger partial charge is 0.255 e. The summed E-state index contributed by atoms with van der Waals surface area (Å²) in [5.41, 5.74) is 4.53. The van der Waals surface area contributed by atoms with Crippen molar-refractivity contribution < 1.29 is 13.2 Å². The maximum atomic E-state index is 12.9. The van der Waals surface area contributed by atoms with E-state index in [9.17, 15) is 13.2 Å². The normalized spacial score (nSPS) is 15.4. The second-order valence-electron chi connectivity index (χ2n) is 8.59. The van der Waals surface area contributed by atoms with Crippen molar-refractivity contribution in [1.29, 1.82) is 0 Å². The molecule has 0 spiro atoms. The lowest BCUT2D eigenvalue weighted by molar-refractivity contribution is 0.102. The first kappa shape index (κ1) is 24.1. The van der Waals surface area contributed by atoms with E-state index in [1.165, 1.54) is 4.31 Å². The second-order valence-corrected chi connectivity index (χ2v) is 11.0. The third kappa shape index (κ3) is 5.37. The summed E-state index contributed by atoms with van der Waals surface area (Å²) in [7, 11) is 0.647. The van der Waals surface area contributed by atoms with Crippen molar-refractivity contribution in [2.24, 2.45) is 0 Å². The molecule has 1 saturated heterocycles. The molecule has 1 heterocycles. The van der Waals surface area contributed by atoms with Gasteiger partial charge >= 0.3 is 0 Å². The average Bonchev–Trinajstić information content (AvgIpc) is 3.00. The molecule has 0 radical (unpaired) electrons. The number of nitrogens with one attached hydrogen (secondary N) is 1. The van der Waals surface area contributed by atoms with Crippen molar-refractivity contribution in [3.8, 4) is 11.1 Å². The zero-order valence-electron chi connectivity index (χ0n) is 19.3. The summed E-state index contributed by atoms with van der Waals surface area (Å²) in [5.74, 6) is -0.118. The molecule has 6 nitrogen and oxygen atoms in total. The summed E-state index contributed by atoms with van der Waals surface area (Å²) < 4.78 is 26.5. The largest absolute Gasteiger partial charge is 0.378 e. The van der Waals surface area contributed by atoms with Crippen LogP contribution in [0.15, 0.2) is 66.7 Å². The molecule has 3 aromatic rings. The molecule has 1 amide bonds. The van der Waals surface area contributed by atoms with Crippen LogP contribution in [-0.4, -0.2) is 40.7 Å². The molecule has 1 N–H and O–H groups in total. The van der Waals surface area contributed by atoms with Gasteiger partial charge in [-0.2, -0.15) is 0 Å². The highest BCUT2D eigenvalue weighted by molar-refractivity contribution is 7.92. The van der Waals surface area contributed by atoms with Crippen molar-refractivity contribution in [2.45, 2.75) is 19.3 Å². The maximum absolute atomic E-state index is 12.9. The highest BCUT2D eigenvalue weighted by Gasteiger charge is 2.24. The second kappa shape index (κ2) is 10.1. The van der Waals surface area contributed by atoms with E-state index in [-0.39, 0.29) is 11.7 Å². The fraction of sp³-hybridized carbons (Fsp3) is 0.269. The number of sulfonamides is 1. The molecule has 0 bridgehead atoms. The molecule has 1 aliphatic rings. The number of nitrogens with zero attached hydrogens (tertiary/aromatic N) is 2. The lowest BCUT2D eigenvalue weighted by Crippen LogP contribution is -2.32. The topological polar surface area (TPSA) is 69.7 Å². The average molecular weight is 498 g/mol. The molecule has 4 rings (SSSR count). The quantitative estimate of drug-likeness (QED) is 0.495. The first-order valence-corrected chi connectivity index (χ1v) is 13.2. The van der Waals surface area contributed by atoms with Gasteiger partial charge in [-0.25, -0.2) is 8.42 Å². The van der Waals surface area contributed by atoms with Crippen LogP contribution < -0.4 is 14.5 Å². The first-order chi connectivity index (χ1) is 16.2. The van der Waals surface area contributed by atoms with Crippen LogP contribution in [0.25, 0.3) is 11.1 Å². The Morgan fingerprint density at radius 2 is 1.65 bits per heavy atom. The summed E-state index contributed by atoms with van der Waals surface area (Å²) in [6.07, 6.45) is 2.42. The Bertz CT molecular complexity index is 1270. The molecule has 3 aromatic carbocycles. The zero-order valence-corrected chi connectivity index (χ0v) is 20.9. The van der Waals surface area contributed by atoms with Gasteiger partial charge in [0.1, 0.15) is 0 Å². The molecule has 0 aliphatic carbocycles. The fourth-order valence-electron chi connectivity index (χ4n) is 4.00. The van der Waals surface area contributed by atoms with Gasteiger partial charge in [0, 0.05) is 48.2 Å². The highest BCUT2D eigenvalue weighted by Crippen LogP contribution is 2.32. The molecule has 34 heavy (non-hydrogen) atoms. The molecule has 8 heteroatoms. The van der Waals surface area contributed by atoms with Crippen molar-refractivity contribution in [1.82, 2.24) is 0 Å². The molecule has 1 fully saturated rings. The summed E-state index contributed by atoms with van der Waals surface area (Å²) in [4.78, 5) is 14.9. The van der Waals surface area contributed by atoms with Gasteiger partial charge in [-0.05, 0) is 73.0 Å². The Kier molecular flexibility index (Phi) is 7.14. The van der Waals surface area contributed by atoms with E-state index in [0.29, 0.717) is 34.9 Å². The number of halogens is 1. The van der Waals surface area contributed by atoms with Gasteiger partial charge in [0.2, 0.25) is 10.0 Å². The van der Waals surface area contributed by atoms with Crippen molar-refractivity contribution in [3.05, 3.63) is 77.3 Å². The van der Waals surface area contributed by atoms with Gasteiger partial charge in [-0.3, -0.25) is 9.10 Å². The molecular weight excluding hydrogens is 470 g/mol. The van der Waals surface area contributed by atoms with Crippen molar-refractivity contribution >= 4 is 44.6 Å². The first-order valence-electron chi connectivity index (χ1n) is 11.2. The SMILES string of the molecule is CN(C)c1ccc(-c2cc(NC(=O)c3ccc(N4CCCCCS4(=O)=O)cc3)ccc2Cl)cc1. The number of amides is 1. The van der Waals surface area contributed by atoms with Crippen LogP contribution in [0.3, 0.4) is 0 Å². The molecule has 0 unspecified atom stereocenters. The number of anilines is 3. The number of carbonyl (C=O) groups is 1. The number of rotatable bonds is 5. The molecule has 0 atom stereocenters. The van der Waals surface area contributed by atoms with Crippen LogP contribution in [0.4, 0.5) is 17.1 Å². The highest BCUT2D eigenvalue weighted by atomic mass is 35.5. The van der Waals surface area contributed by atoms with Crippen LogP contribution in [0.5, 0.6) is 0 Å². The van der Waals surface area contributed by atoms with Crippen LogP contribution >= 0.6 is 11.6 Å². The summed E-state index contributed by atoms with van der Waals surface area (Å²) >= 11 is 6.44. The van der Waals surface area contributed by atoms with Crippen LogP contribution in [-0.2, 0) is 10.0 Å². The number of hydrogen-bond acceptors (Lipinski definition) is 4. The van der Waals surface area contributed by atoms with E-state index < -0.39 is 10.0 Å². The minimum Gasteiger partial charge on any atom is -0.378 e. The lowest BCUT2D eigenvalue weighted by atomic mass is 10.0. The Morgan fingerprint density at radius 1 is 0.941 bits per heavy atom.